The summed E-state index contributed by atoms with van der Waals surface area (Å²) in [5.41, 5.74) is 2.44. The second kappa shape index (κ2) is 3.90. The summed E-state index contributed by atoms with van der Waals surface area (Å²) in [6.07, 6.45) is 1.80. The van der Waals surface area contributed by atoms with Gasteiger partial charge in [-0.25, -0.2) is 4.98 Å². The Morgan fingerprint density at radius 1 is 1.40 bits per heavy atom. The van der Waals surface area contributed by atoms with Gasteiger partial charge in [0, 0.05) is 18.5 Å². The minimum absolute atomic E-state index is 0.00962. The van der Waals surface area contributed by atoms with Crippen molar-refractivity contribution in [2.75, 3.05) is 0 Å². The zero-order chi connectivity index (χ0) is 10.8. The van der Waals surface area contributed by atoms with E-state index in [2.05, 4.69) is 9.97 Å². The highest BCUT2D eigenvalue weighted by Gasteiger charge is 2.08. The van der Waals surface area contributed by atoms with Gasteiger partial charge in [-0.15, -0.1) is 11.3 Å². The van der Waals surface area contributed by atoms with Crippen molar-refractivity contribution >= 4 is 17.1 Å². The Kier molecular flexibility index (Phi) is 2.60. The molecule has 15 heavy (non-hydrogen) atoms. The quantitative estimate of drug-likeness (QED) is 0.728. The number of ketones is 1. The van der Waals surface area contributed by atoms with Gasteiger partial charge in [0.1, 0.15) is 10.7 Å². The second-order valence-corrected chi connectivity index (χ2v) is 4.17. The first-order chi connectivity index (χ1) is 7.16. The van der Waals surface area contributed by atoms with Crippen LogP contribution in [-0.2, 0) is 0 Å². The summed E-state index contributed by atoms with van der Waals surface area (Å²) in [5, 5.41) is 2.55. The molecule has 0 fully saturated rings. The molecule has 3 nitrogen and oxygen atoms in total. The van der Waals surface area contributed by atoms with Crippen molar-refractivity contribution in [3.63, 3.8) is 0 Å². The smallest absolute Gasteiger partial charge is 0.178 e. The lowest BCUT2D eigenvalue weighted by atomic mass is 10.3. The molecule has 2 aromatic rings. The van der Waals surface area contributed by atoms with E-state index in [4.69, 9.17) is 0 Å². The third-order valence-corrected chi connectivity index (χ3v) is 2.86. The Morgan fingerprint density at radius 3 is 2.73 bits per heavy atom. The Hall–Kier alpha value is -1.55. The Labute approximate surface area is 91.8 Å². The number of thiazole rings is 1. The molecule has 0 spiro atoms. The zero-order valence-electron chi connectivity index (χ0n) is 8.52. The van der Waals surface area contributed by atoms with E-state index >= 15 is 0 Å². The third kappa shape index (κ3) is 2.10. The van der Waals surface area contributed by atoms with Gasteiger partial charge in [0.25, 0.3) is 0 Å². The molecular weight excluding hydrogens is 208 g/mol. The van der Waals surface area contributed by atoms with Crippen LogP contribution in [0.15, 0.2) is 23.7 Å². The summed E-state index contributed by atoms with van der Waals surface area (Å²) >= 11 is 1.44. The fourth-order valence-electron chi connectivity index (χ4n) is 1.15. The number of aryl methyl sites for hydroxylation is 1. The molecule has 76 valence electrons. The monoisotopic (exact) mass is 218 g/mol. The van der Waals surface area contributed by atoms with Crippen LogP contribution in [0.5, 0.6) is 0 Å². The number of aromatic nitrogens is 2. The van der Waals surface area contributed by atoms with Crippen molar-refractivity contribution in [1.29, 1.82) is 0 Å². The fourth-order valence-corrected chi connectivity index (χ4v) is 1.98. The van der Waals surface area contributed by atoms with Gasteiger partial charge in [-0.05, 0) is 18.6 Å². The first kappa shape index (κ1) is 9.98. The van der Waals surface area contributed by atoms with Crippen LogP contribution >= 0.6 is 11.3 Å². The van der Waals surface area contributed by atoms with E-state index in [0.29, 0.717) is 5.69 Å². The van der Waals surface area contributed by atoms with Crippen LogP contribution in [-0.4, -0.2) is 15.8 Å². The molecule has 0 saturated heterocycles. The zero-order valence-corrected chi connectivity index (χ0v) is 9.34. The maximum Gasteiger partial charge on any atom is 0.178 e. The van der Waals surface area contributed by atoms with Crippen LogP contribution in [0.2, 0.25) is 0 Å². The van der Waals surface area contributed by atoms with Crippen molar-refractivity contribution in [3.8, 4) is 10.7 Å². The molecule has 0 aliphatic heterocycles. The molecule has 0 aliphatic rings. The van der Waals surface area contributed by atoms with Gasteiger partial charge in [0.2, 0.25) is 0 Å². The lowest BCUT2D eigenvalue weighted by Crippen LogP contribution is -1.91. The molecule has 2 aromatic heterocycles. The molecular formula is C11H10N2OS. The van der Waals surface area contributed by atoms with E-state index in [1.54, 1.807) is 11.6 Å². The molecule has 2 rings (SSSR count). The average molecular weight is 218 g/mol. The summed E-state index contributed by atoms with van der Waals surface area (Å²) < 4.78 is 0. The Morgan fingerprint density at radius 2 is 2.20 bits per heavy atom. The van der Waals surface area contributed by atoms with Gasteiger partial charge < -0.3 is 0 Å². The highest BCUT2D eigenvalue weighted by atomic mass is 32.1. The van der Waals surface area contributed by atoms with Gasteiger partial charge in [0.05, 0.1) is 5.69 Å². The summed E-state index contributed by atoms with van der Waals surface area (Å²) in [7, 11) is 0. The largest absolute Gasteiger partial charge is 0.293 e. The van der Waals surface area contributed by atoms with Crippen LogP contribution in [0.4, 0.5) is 0 Å². The van der Waals surface area contributed by atoms with Gasteiger partial charge in [0.15, 0.2) is 5.78 Å². The normalized spacial score (nSPS) is 10.3. The minimum atomic E-state index is -0.00962. The maximum absolute atomic E-state index is 11.1. The highest BCUT2D eigenvalue weighted by molar-refractivity contribution is 7.13. The molecule has 0 bridgehead atoms. The molecule has 0 amide bonds. The van der Waals surface area contributed by atoms with E-state index < -0.39 is 0 Å². The number of nitrogens with zero attached hydrogens (tertiary/aromatic N) is 2. The minimum Gasteiger partial charge on any atom is -0.293 e. The first-order valence-corrected chi connectivity index (χ1v) is 5.44. The van der Waals surface area contributed by atoms with Crippen molar-refractivity contribution in [3.05, 3.63) is 35.0 Å². The average Bonchev–Trinajstić information content (AvgIpc) is 2.68. The molecule has 0 aromatic carbocycles. The van der Waals surface area contributed by atoms with Gasteiger partial charge in [-0.1, -0.05) is 6.07 Å². The Balaban J connectivity index is 2.37. The summed E-state index contributed by atoms with van der Waals surface area (Å²) in [6.45, 7) is 3.50. The molecule has 0 unspecified atom stereocenters. The predicted molar refractivity (Wildman–Crippen MR) is 60.1 cm³/mol. The van der Waals surface area contributed by atoms with E-state index in [-0.39, 0.29) is 5.78 Å². The van der Waals surface area contributed by atoms with Gasteiger partial charge in [-0.3, -0.25) is 9.78 Å². The lowest BCUT2D eigenvalue weighted by molar-refractivity contribution is 0.101. The Bertz CT molecular complexity index is 488. The van der Waals surface area contributed by atoms with Crippen LogP contribution in [0.25, 0.3) is 10.7 Å². The van der Waals surface area contributed by atoms with E-state index in [1.807, 2.05) is 19.1 Å². The van der Waals surface area contributed by atoms with Crippen molar-refractivity contribution < 1.29 is 4.79 Å². The number of hydrogen-bond acceptors (Lipinski definition) is 4. The summed E-state index contributed by atoms with van der Waals surface area (Å²) in [4.78, 5) is 19.5. The SMILES string of the molecule is CC(=O)c1csc(-c2ccc(C)cn2)n1. The van der Waals surface area contributed by atoms with Gasteiger partial charge >= 0.3 is 0 Å². The van der Waals surface area contributed by atoms with Crippen LogP contribution in [0.3, 0.4) is 0 Å². The van der Waals surface area contributed by atoms with Crippen LogP contribution < -0.4 is 0 Å². The van der Waals surface area contributed by atoms with E-state index in [0.717, 1.165) is 16.3 Å². The van der Waals surface area contributed by atoms with Crippen molar-refractivity contribution in [2.24, 2.45) is 0 Å². The fraction of sp³-hybridized carbons (Fsp3) is 0.182. The number of hydrogen-bond donors (Lipinski definition) is 0. The lowest BCUT2D eigenvalue weighted by Gasteiger charge is -1.95. The van der Waals surface area contributed by atoms with Crippen LogP contribution in [0.1, 0.15) is 23.0 Å². The number of Topliss-reactive ketones (excluding diaryl/α,β-unsaturated/α-hetero) is 1. The van der Waals surface area contributed by atoms with E-state index in [9.17, 15) is 4.79 Å². The number of carbonyl (C=O) groups is 1. The van der Waals surface area contributed by atoms with Crippen molar-refractivity contribution in [2.45, 2.75) is 13.8 Å². The molecule has 4 heteroatoms. The van der Waals surface area contributed by atoms with Gasteiger partial charge in [-0.2, -0.15) is 0 Å². The second-order valence-electron chi connectivity index (χ2n) is 3.31. The molecule has 2 heterocycles. The molecule has 0 aliphatic carbocycles. The number of pyridine rings is 1. The molecule has 0 atom stereocenters. The first-order valence-electron chi connectivity index (χ1n) is 4.56. The molecule has 0 radical (unpaired) electrons. The van der Waals surface area contributed by atoms with Crippen molar-refractivity contribution in [1.82, 2.24) is 9.97 Å². The third-order valence-electron chi connectivity index (χ3n) is 2.00. The predicted octanol–water partition coefficient (Wildman–Crippen LogP) is 2.72. The number of rotatable bonds is 2. The number of carbonyl (C=O) groups excluding carboxylic acids is 1. The summed E-state index contributed by atoms with van der Waals surface area (Å²) in [5.74, 6) is -0.00962. The van der Waals surface area contributed by atoms with E-state index in [1.165, 1.54) is 18.3 Å². The highest BCUT2D eigenvalue weighted by Crippen LogP contribution is 2.21. The topological polar surface area (TPSA) is 42.9 Å². The summed E-state index contributed by atoms with van der Waals surface area (Å²) in [6, 6.07) is 3.90. The van der Waals surface area contributed by atoms with Crippen LogP contribution in [0, 0.1) is 6.92 Å². The molecule has 0 N–H and O–H groups in total. The molecule has 0 saturated carbocycles. The maximum atomic E-state index is 11.1. The standard InChI is InChI=1S/C11H10N2OS/c1-7-3-4-9(12-5-7)11-13-10(6-15-11)8(2)14/h3-6H,1-2H3.